The van der Waals surface area contributed by atoms with Gasteiger partial charge in [0.15, 0.2) is 6.61 Å². The summed E-state index contributed by atoms with van der Waals surface area (Å²) in [6.45, 7) is 8.81. The molecule has 0 radical (unpaired) electrons. The first-order chi connectivity index (χ1) is 13.6. The molecule has 1 atom stereocenters. The molecule has 162 valence electrons. The van der Waals surface area contributed by atoms with Crippen molar-refractivity contribution in [1.82, 2.24) is 14.9 Å². The standard InChI is InChI=1S/C19H29N3O6S/c1-6-20-18(24)14(5)21-17(23)12-28-19(25)16-11-15(10-9-13(16)4)29(26,27)22(7-2)8-3/h9-11,14H,6-8,12H2,1-5H3,(H,20,24)(H,21,23)/t14-/m1/s1. The van der Waals surface area contributed by atoms with Crippen LogP contribution in [0.2, 0.25) is 0 Å². The highest BCUT2D eigenvalue weighted by molar-refractivity contribution is 7.89. The van der Waals surface area contributed by atoms with Crippen LogP contribution in [-0.4, -0.2) is 62.8 Å². The zero-order chi connectivity index (χ0) is 22.2. The first kappa shape index (κ1) is 24.6. The molecular weight excluding hydrogens is 398 g/mol. The minimum Gasteiger partial charge on any atom is -0.452 e. The monoisotopic (exact) mass is 427 g/mol. The van der Waals surface area contributed by atoms with Crippen LogP contribution < -0.4 is 10.6 Å². The summed E-state index contributed by atoms with van der Waals surface area (Å²) in [5, 5.41) is 4.99. The van der Waals surface area contributed by atoms with Crippen molar-refractivity contribution in [1.29, 1.82) is 0 Å². The lowest BCUT2D eigenvalue weighted by molar-refractivity contribution is -0.130. The van der Waals surface area contributed by atoms with Gasteiger partial charge in [0.2, 0.25) is 15.9 Å². The van der Waals surface area contributed by atoms with E-state index in [1.165, 1.54) is 29.4 Å². The number of ether oxygens (including phenoxy) is 1. The summed E-state index contributed by atoms with van der Waals surface area (Å²) in [5.41, 5.74) is 0.576. The second kappa shape index (κ2) is 10.9. The van der Waals surface area contributed by atoms with E-state index in [9.17, 15) is 22.8 Å². The van der Waals surface area contributed by atoms with Crippen LogP contribution >= 0.6 is 0 Å². The topological polar surface area (TPSA) is 122 Å². The molecule has 2 N–H and O–H groups in total. The molecule has 0 aliphatic rings. The Kier molecular flexibility index (Phi) is 9.25. The summed E-state index contributed by atoms with van der Waals surface area (Å²) in [7, 11) is -3.73. The van der Waals surface area contributed by atoms with E-state index in [0.29, 0.717) is 25.2 Å². The van der Waals surface area contributed by atoms with Gasteiger partial charge in [-0.1, -0.05) is 19.9 Å². The smallest absolute Gasteiger partial charge is 0.338 e. The van der Waals surface area contributed by atoms with Crippen LogP contribution in [0.15, 0.2) is 23.1 Å². The van der Waals surface area contributed by atoms with E-state index in [1.54, 1.807) is 27.7 Å². The van der Waals surface area contributed by atoms with E-state index in [0.717, 1.165) is 0 Å². The fourth-order valence-electron chi connectivity index (χ4n) is 2.58. The lowest BCUT2D eigenvalue weighted by Gasteiger charge is -2.19. The van der Waals surface area contributed by atoms with Crippen LogP contribution in [-0.2, 0) is 24.3 Å². The van der Waals surface area contributed by atoms with Crippen molar-refractivity contribution in [2.75, 3.05) is 26.2 Å². The Labute approximate surface area is 171 Å². The highest BCUT2D eigenvalue weighted by atomic mass is 32.2. The largest absolute Gasteiger partial charge is 0.452 e. The molecule has 0 unspecified atom stereocenters. The molecule has 0 aliphatic heterocycles. The first-order valence-corrected chi connectivity index (χ1v) is 10.9. The Hall–Kier alpha value is -2.46. The number of carbonyl (C=O) groups excluding carboxylic acids is 3. The average Bonchev–Trinajstić information content (AvgIpc) is 2.67. The lowest BCUT2D eigenvalue weighted by Crippen LogP contribution is -2.46. The second-order valence-corrected chi connectivity index (χ2v) is 8.26. The van der Waals surface area contributed by atoms with Crippen LogP contribution in [0, 0.1) is 6.92 Å². The van der Waals surface area contributed by atoms with Crippen molar-refractivity contribution in [2.45, 2.75) is 45.6 Å². The van der Waals surface area contributed by atoms with E-state index in [1.807, 2.05) is 0 Å². The van der Waals surface area contributed by atoms with Crippen molar-refractivity contribution in [3.63, 3.8) is 0 Å². The van der Waals surface area contributed by atoms with E-state index in [-0.39, 0.29) is 16.4 Å². The molecule has 29 heavy (non-hydrogen) atoms. The molecule has 1 rings (SSSR count). The second-order valence-electron chi connectivity index (χ2n) is 6.33. The van der Waals surface area contributed by atoms with E-state index < -0.39 is 34.5 Å². The minimum atomic E-state index is -3.73. The van der Waals surface area contributed by atoms with Crippen molar-refractivity contribution >= 4 is 27.8 Å². The molecule has 0 bridgehead atoms. The summed E-state index contributed by atoms with van der Waals surface area (Å²) in [6, 6.07) is 3.43. The molecule has 0 aromatic heterocycles. The predicted octanol–water partition coefficient (Wildman–Crippen LogP) is 0.823. The maximum Gasteiger partial charge on any atom is 0.338 e. The fraction of sp³-hybridized carbons (Fsp3) is 0.526. The van der Waals surface area contributed by atoms with Gasteiger partial charge in [-0.05, 0) is 38.5 Å². The normalized spacial score (nSPS) is 12.3. The number of nitrogens with zero attached hydrogens (tertiary/aromatic N) is 1. The molecule has 1 aromatic rings. The number of hydrogen-bond donors (Lipinski definition) is 2. The van der Waals surface area contributed by atoms with E-state index in [4.69, 9.17) is 4.74 Å². The molecule has 2 amide bonds. The number of nitrogens with one attached hydrogen (secondary N) is 2. The maximum atomic E-state index is 12.7. The lowest BCUT2D eigenvalue weighted by atomic mass is 10.1. The summed E-state index contributed by atoms with van der Waals surface area (Å²) < 4.78 is 31.6. The molecule has 1 aromatic carbocycles. The summed E-state index contributed by atoms with van der Waals surface area (Å²) in [4.78, 5) is 35.9. The Morgan fingerprint density at radius 3 is 2.31 bits per heavy atom. The van der Waals surface area contributed by atoms with Gasteiger partial charge in [0, 0.05) is 19.6 Å². The Morgan fingerprint density at radius 2 is 1.76 bits per heavy atom. The third-order valence-corrected chi connectivity index (χ3v) is 6.27. The van der Waals surface area contributed by atoms with E-state index in [2.05, 4.69) is 10.6 Å². The zero-order valence-corrected chi connectivity index (χ0v) is 18.3. The van der Waals surface area contributed by atoms with Crippen molar-refractivity contribution in [3.8, 4) is 0 Å². The highest BCUT2D eigenvalue weighted by Gasteiger charge is 2.24. The summed E-state index contributed by atoms with van der Waals surface area (Å²) in [6.07, 6.45) is 0. The first-order valence-electron chi connectivity index (χ1n) is 9.43. The number of esters is 1. The van der Waals surface area contributed by atoms with Crippen LogP contribution in [0.5, 0.6) is 0 Å². The SMILES string of the molecule is CCNC(=O)[C@@H](C)NC(=O)COC(=O)c1cc(S(=O)(=O)N(CC)CC)ccc1C. The minimum absolute atomic E-state index is 0.0203. The number of benzene rings is 1. The van der Waals surface area contributed by atoms with Crippen LogP contribution in [0.1, 0.15) is 43.6 Å². The molecule has 0 aliphatic carbocycles. The molecule has 0 heterocycles. The number of rotatable bonds is 10. The van der Waals surface area contributed by atoms with Gasteiger partial charge in [0.25, 0.3) is 5.91 Å². The van der Waals surface area contributed by atoms with Gasteiger partial charge in [-0.15, -0.1) is 0 Å². The fourth-order valence-corrected chi connectivity index (χ4v) is 4.06. The van der Waals surface area contributed by atoms with Crippen molar-refractivity contribution < 1.29 is 27.5 Å². The molecule has 0 saturated heterocycles. The van der Waals surface area contributed by atoms with Gasteiger partial charge in [-0.2, -0.15) is 4.31 Å². The third kappa shape index (κ3) is 6.53. The maximum absolute atomic E-state index is 12.7. The average molecular weight is 428 g/mol. The zero-order valence-electron chi connectivity index (χ0n) is 17.4. The number of sulfonamides is 1. The van der Waals surface area contributed by atoms with Gasteiger partial charge in [-0.25, -0.2) is 13.2 Å². The Balaban J connectivity index is 2.87. The van der Waals surface area contributed by atoms with Gasteiger partial charge >= 0.3 is 5.97 Å². The molecule has 0 spiro atoms. The highest BCUT2D eigenvalue weighted by Crippen LogP contribution is 2.20. The Morgan fingerprint density at radius 1 is 1.14 bits per heavy atom. The molecule has 0 fully saturated rings. The summed E-state index contributed by atoms with van der Waals surface area (Å²) >= 11 is 0. The van der Waals surface area contributed by atoms with Crippen LogP contribution in [0.25, 0.3) is 0 Å². The van der Waals surface area contributed by atoms with Crippen molar-refractivity contribution in [2.24, 2.45) is 0 Å². The number of amides is 2. The van der Waals surface area contributed by atoms with Gasteiger partial charge in [0.1, 0.15) is 6.04 Å². The van der Waals surface area contributed by atoms with Gasteiger partial charge in [-0.3, -0.25) is 9.59 Å². The third-order valence-electron chi connectivity index (χ3n) is 4.23. The van der Waals surface area contributed by atoms with Crippen molar-refractivity contribution in [3.05, 3.63) is 29.3 Å². The number of aryl methyl sites for hydroxylation is 1. The predicted molar refractivity (Wildman–Crippen MR) is 108 cm³/mol. The summed E-state index contributed by atoms with van der Waals surface area (Å²) in [5.74, 6) is -1.81. The number of likely N-dealkylation sites (N-methyl/N-ethyl adjacent to an activating group) is 1. The molecule has 0 saturated carbocycles. The van der Waals surface area contributed by atoms with Crippen LogP contribution in [0.3, 0.4) is 0 Å². The Bertz CT molecular complexity index is 850. The van der Waals surface area contributed by atoms with Gasteiger partial charge in [0.05, 0.1) is 10.5 Å². The molecular formula is C19H29N3O6S. The number of hydrogen-bond acceptors (Lipinski definition) is 6. The molecule has 9 nitrogen and oxygen atoms in total. The number of carbonyl (C=O) groups is 3. The van der Waals surface area contributed by atoms with Crippen LogP contribution in [0.4, 0.5) is 0 Å². The molecule has 10 heteroatoms. The van der Waals surface area contributed by atoms with E-state index >= 15 is 0 Å². The van der Waals surface area contributed by atoms with Gasteiger partial charge < -0.3 is 15.4 Å². The quantitative estimate of drug-likeness (QED) is 0.533.